The van der Waals surface area contributed by atoms with Gasteiger partial charge in [0.1, 0.15) is 0 Å². The van der Waals surface area contributed by atoms with Crippen LogP contribution in [-0.4, -0.2) is 51.4 Å². The molecule has 0 atom stereocenters. The van der Waals surface area contributed by atoms with E-state index in [2.05, 4.69) is 31.8 Å². The molecule has 2 amide bonds. The first-order valence-electron chi connectivity index (χ1n) is 11.9. The van der Waals surface area contributed by atoms with Crippen LogP contribution in [0.2, 0.25) is 0 Å². The normalized spacial score (nSPS) is 10.6. The summed E-state index contributed by atoms with van der Waals surface area (Å²) in [5, 5.41) is 6.65. The predicted octanol–water partition coefficient (Wildman–Crippen LogP) is 4.35. The summed E-state index contributed by atoms with van der Waals surface area (Å²) in [6.07, 6.45) is 1.47. The molecule has 0 unspecified atom stereocenters. The third kappa shape index (κ3) is 8.30. The lowest BCUT2D eigenvalue weighted by atomic mass is 10.2. The van der Waals surface area contributed by atoms with Crippen LogP contribution >= 0.6 is 15.9 Å². The van der Waals surface area contributed by atoms with Gasteiger partial charge in [0, 0.05) is 17.4 Å². The van der Waals surface area contributed by atoms with Crippen molar-refractivity contribution < 1.29 is 33.3 Å². The second kappa shape index (κ2) is 14.5. The molecule has 0 saturated heterocycles. The van der Waals surface area contributed by atoms with Crippen molar-refractivity contribution in [2.24, 2.45) is 5.10 Å². The highest BCUT2D eigenvalue weighted by Gasteiger charge is 2.16. The van der Waals surface area contributed by atoms with E-state index in [1.807, 2.05) is 6.07 Å². The molecule has 3 aromatic rings. The average Bonchev–Trinajstić information content (AvgIpc) is 2.94. The average molecular weight is 598 g/mol. The number of nitrogens with zero attached hydrogens (tertiary/aromatic N) is 1. The number of hydrogen-bond acceptors (Lipinski definition) is 8. The number of benzene rings is 3. The van der Waals surface area contributed by atoms with Crippen LogP contribution < -0.4 is 29.7 Å². The molecular weight excluding hydrogens is 570 g/mol. The molecule has 0 aromatic heterocycles. The molecule has 10 nitrogen and oxygen atoms in total. The van der Waals surface area contributed by atoms with E-state index in [1.54, 1.807) is 55.5 Å². The Morgan fingerprint density at radius 3 is 2.38 bits per heavy atom. The molecule has 0 spiro atoms. The van der Waals surface area contributed by atoms with Crippen molar-refractivity contribution in [2.75, 3.05) is 27.4 Å². The summed E-state index contributed by atoms with van der Waals surface area (Å²) in [6.45, 7) is 2.29. The number of amides is 2. The zero-order valence-corrected chi connectivity index (χ0v) is 23.2. The SMILES string of the molecule is CCOc1cc(C=NNC(=O)CCNC(=O)c2ccccc2Br)ccc1OC(=O)c1ccc(OC)c(OC)c1. The minimum atomic E-state index is -0.600. The van der Waals surface area contributed by atoms with Crippen LogP contribution in [0, 0.1) is 0 Å². The highest BCUT2D eigenvalue weighted by atomic mass is 79.9. The Morgan fingerprint density at radius 2 is 1.67 bits per heavy atom. The Hall–Kier alpha value is -4.38. The Bertz CT molecular complexity index is 1360. The molecule has 39 heavy (non-hydrogen) atoms. The summed E-state index contributed by atoms with van der Waals surface area (Å²) in [5.74, 6) is 0.188. The van der Waals surface area contributed by atoms with Crippen molar-refractivity contribution in [2.45, 2.75) is 13.3 Å². The lowest BCUT2D eigenvalue weighted by molar-refractivity contribution is -0.120. The maximum atomic E-state index is 12.7. The molecule has 0 heterocycles. The van der Waals surface area contributed by atoms with Crippen LogP contribution in [0.3, 0.4) is 0 Å². The fourth-order valence-corrected chi connectivity index (χ4v) is 3.81. The highest BCUT2D eigenvalue weighted by Crippen LogP contribution is 2.31. The molecule has 11 heteroatoms. The fraction of sp³-hybridized carbons (Fsp3) is 0.214. The van der Waals surface area contributed by atoms with Crippen LogP contribution in [-0.2, 0) is 4.79 Å². The van der Waals surface area contributed by atoms with E-state index in [0.29, 0.717) is 39.5 Å². The predicted molar refractivity (Wildman–Crippen MR) is 149 cm³/mol. The Morgan fingerprint density at radius 1 is 0.923 bits per heavy atom. The number of carbonyl (C=O) groups is 3. The molecule has 3 rings (SSSR count). The Labute approximate surface area is 234 Å². The molecule has 0 saturated carbocycles. The van der Waals surface area contributed by atoms with Gasteiger partial charge in [-0.2, -0.15) is 5.10 Å². The van der Waals surface area contributed by atoms with Gasteiger partial charge >= 0.3 is 5.97 Å². The highest BCUT2D eigenvalue weighted by molar-refractivity contribution is 9.10. The van der Waals surface area contributed by atoms with Crippen molar-refractivity contribution in [3.05, 3.63) is 81.8 Å². The van der Waals surface area contributed by atoms with Gasteiger partial charge in [0.15, 0.2) is 23.0 Å². The smallest absolute Gasteiger partial charge is 0.343 e. The van der Waals surface area contributed by atoms with Crippen molar-refractivity contribution >= 4 is 39.9 Å². The molecule has 0 aliphatic carbocycles. The van der Waals surface area contributed by atoms with Gasteiger partial charge in [-0.05, 0) is 76.9 Å². The summed E-state index contributed by atoms with van der Waals surface area (Å²) < 4.78 is 22.3. The minimum Gasteiger partial charge on any atom is -0.493 e. The van der Waals surface area contributed by atoms with Crippen LogP contribution in [0.5, 0.6) is 23.0 Å². The second-order valence-corrected chi connectivity index (χ2v) is 8.73. The van der Waals surface area contributed by atoms with Crippen molar-refractivity contribution in [1.82, 2.24) is 10.7 Å². The third-order valence-corrected chi connectivity index (χ3v) is 5.94. The number of ether oxygens (including phenoxy) is 4. The molecule has 3 aromatic carbocycles. The number of hydrazone groups is 1. The summed E-state index contributed by atoms with van der Waals surface area (Å²) in [5.41, 5.74) is 3.78. The number of carbonyl (C=O) groups excluding carboxylic acids is 3. The maximum absolute atomic E-state index is 12.7. The van der Waals surface area contributed by atoms with Crippen LogP contribution in [0.25, 0.3) is 0 Å². The lowest BCUT2D eigenvalue weighted by Gasteiger charge is -2.12. The van der Waals surface area contributed by atoms with Gasteiger partial charge in [-0.1, -0.05) is 12.1 Å². The summed E-state index contributed by atoms with van der Waals surface area (Å²) in [7, 11) is 2.98. The van der Waals surface area contributed by atoms with E-state index in [9.17, 15) is 14.4 Å². The van der Waals surface area contributed by atoms with Crippen LogP contribution in [0.15, 0.2) is 70.2 Å². The first-order valence-corrected chi connectivity index (χ1v) is 12.7. The molecule has 0 radical (unpaired) electrons. The standard InChI is InChI=1S/C28H28BrN3O7/c1-4-38-25-15-18(9-11-23(25)39-28(35)19-10-12-22(36-2)24(16-19)37-3)17-31-32-26(33)13-14-30-27(34)20-7-5-6-8-21(20)29/h5-12,15-17H,4,13-14H2,1-3H3,(H,30,34)(H,32,33). The first-order chi connectivity index (χ1) is 18.9. The largest absolute Gasteiger partial charge is 0.493 e. The minimum absolute atomic E-state index is 0.0444. The summed E-state index contributed by atoms with van der Waals surface area (Å²) >= 11 is 3.32. The van der Waals surface area contributed by atoms with E-state index >= 15 is 0 Å². The van der Waals surface area contributed by atoms with Gasteiger partial charge in [-0.15, -0.1) is 0 Å². The molecule has 0 bridgehead atoms. The number of hydrogen-bond donors (Lipinski definition) is 2. The molecule has 0 aliphatic rings. The zero-order valence-electron chi connectivity index (χ0n) is 21.7. The van der Waals surface area contributed by atoms with Crippen molar-refractivity contribution in [3.63, 3.8) is 0 Å². The van der Waals surface area contributed by atoms with Gasteiger partial charge < -0.3 is 24.3 Å². The van der Waals surface area contributed by atoms with Gasteiger partial charge in [0.25, 0.3) is 5.91 Å². The number of nitrogens with one attached hydrogen (secondary N) is 2. The van der Waals surface area contributed by atoms with Gasteiger partial charge in [0.2, 0.25) is 5.91 Å². The Kier molecular flexibility index (Phi) is 10.9. The van der Waals surface area contributed by atoms with Gasteiger partial charge in [-0.25, -0.2) is 10.2 Å². The second-order valence-electron chi connectivity index (χ2n) is 7.88. The van der Waals surface area contributed by atoms with Gasteiger partial charge in [-0.3, -0.25) is 9.59 Å². The number of halogens is 1. The van der Waals surface area contributed by atoms with E-state index in [4.69, 9.17) is 18.9 Å². The van der Waals surface area contributed by atoms with Crippen molar-refractivity contribution in [1.29, 1.82) is 0 Å². The van der Waals surface area contributed by atoms with E-state index in [-0.39, 0.29) is 36.1 Å². The summed E-state index contributed by atoms with van der Waals surface area (Å²) in [6, 6.07) is 16.6. The first kappa shape index (κ1) is 29.2. The maximum Gasteiger partial charge on any atom is 0.343 e. The molecule has 0 fully saturated rings. The molecular formula is C28H28BrN3O7. The van der Waals surface area contributed by atoms with Crippen LogP contribution in [0.1, 0.15) is 39.6 Å². The van der Waals surface area contributed by atoms with E-state index in [0.717, 1.165) is 0 Å². The monoisotopic (exact) mass is 597 g/mol. The van der Waals surface area contributed by atoms with E-state index in [1.165, 1.54) is 26.5 Å². The number of methoxy groups -OCH3 is 2. The number of rotatable bonds is 12. The molecule has 204 valence electrons. The lowest BCUT2D eigenvalue weighted by Crippen LogP contribution is -2.29. The quantitative estimate of drug-likeness (QED) is 0.138. The Balaban J connectivity index is 1.56. The van der Waals surface area contributed by atoms with Gasteiger partial charge in [0.05, 0.1) is 38.2 Å². The van der Waals surface area contributed by atoms with E-state index < -0.39 is 5.97 Å². The molecule has 2 N–H and O–H groups in total. The zero-order chi connectivity index (χ0) is 28.2. The fourth-order valence-electron chi connectivity index (χ4n) is 3.34. The topological polar surface area (TPSA) is 125 Å². The van der Waals surface area contributed by atoms with Crippen LogP contribution in [0.4, 0.5) is 0 Å². The summed E-state index contributed by atoms with van der Waals surface area (Å²) in [4.78, 5) is 37.0. The van der Waals surface area contributed by atoms with Crippen molar-refractivity contribution in [3.8, 4) is 23.0 Å². The third-order valence-electron chi connectivity index (χ3n) is 5.25. The molecule has 0 aliphatic heterocycles. The number of esters is 1.